The second-order valence-electron chi connectivity index (χ2n) is 5.65. The highest BCUT2D eigenvalue weighted by Crippen LogP contribution is 2.33. The molecule has 0 radical (unpaired) electrons. The molecule has 3 heteroatoms. The molecular formula is C13H20BO2-. The molecule has 0 aromatic heterocycles. The minimum Gasteiger partial charge on any atom is -0.418 e. The number of hydrogen-bond donors (Lipinski definition) is 0. The Bertz CT molecular complexity index is 330. The maximum absolute atomic E-state index is 6.09. The molecule has 1 aliphatic rings. The van der Waals surface area contributed by atoms with Crippen LogP contribution in [0.4, 0.5) is 0 Å². The first kappa shape index (κ1) is 11.8. The highest BCUT2D eigenvalue weighted by atomic mass is 16.6. The van der Waals surface area contributed by atoms with Crippen LogP contribution in [0.2, 0.25) is 0 Å². The molecular weight excluding hydrogens is 199 g/mol. The molecule has 1 fully saturated rings. The van der Waals surface area contributed by atoms with Gasteiger partial charge < -0.3 is 9.31 Å². The Labute approximate surface area is 98.5 Å². The van der Waals surface area contributed by atoms with E-state index in [1.54, 1.807) is 0 Å². The minimum atomic E-state index is -0.185. The molecule has 2 nitrogen and oxygen atoms in total. The summed E-state index contributed by atoms with van der Waals surface area (Å²) in [5, 5.41) is 0. The Morgan fingerprint density at radius 3 is 2.81 bits per heavy atom. The van der Waals surface area contributed by atoms with Crippen LogP contribution in [0.1, 0.15) is 27.7 Å². The highest BCUT2D eigenvalue weighted by molar-refractivity contribution is 6.61. The van der Waals surface area contributed by atoms with Crippen LogP contribution in [0.25, 0.3) is 0 Å². The first-order valence-electron chi connectivity index (χ1n) is 5.99. The topological polar surface area (TPSA) is 18.5 Å². The second-order valence-corrected chi connectivity index (χ2v) is 5.65. The van der Waals surface area contributed by atoms with Crippen molar-refractivity contribution < 1.29 is 9.31 Å². The summed E-state index contributed by atoms with van der Waals surface area (Å²) in [5.41, 5.74) is 1.22. The molecule has 0 spiro atoms. The zero-order valence-electron chi connectivity index (χ0n) is 10.6. The van der Waals surface area contributed by atoms with Gasteiger partial charge in [-0.05, 0) is 5.92 Å². The van der Waals surface area contributed by atoms with Crippen molar-refractivity contribution in [3.05, 3.63) is 24.3 Å². The van der Waals surface area contributed by atoms with Gasteiger partial charge in [-0.25, -0.2) is 6.07 Å². The van der Waals surface area contributed by atoms with E-state index < -0.39 is 0 Å². The Kier molecular flexibility index (Phi) is 3.18. The molecule has 88 valence electrons. The van der Waals surface area contributed by atoms with Crippen molar-refractivity contribution in [3.63, 3.8) is 0 Å². The summed E-state index contributed by atoms with van der Waals surface area (Å²) < 4.78 is 11.9. The van der Waals surface area contributed by atoms with Crippen molar-refractivity contribution in [1.29, 1.82) is 0 Å². The fourth-order valence-electron chi connectivity index (χ4n) is 2.51. The first-order chi connectivity index (χ1) is 7.50. The molecule has 16 heavy (non-hydrogen) atoms. The van der Waals surface area contributed by atoms with Gasteiger partial charge in [-0.2, -0.15) is 23.7 Å². The average Bonchev–Trinajstić information content (AvgIpc) is 2.69. The van der Waals surface area contributed by atoms with Gasteiger partial charge in [0.1, 0.15) is 0 Å². The van der Waals surface area contributed by atoms with Crippen molar-refractivity contribution in [2.75, 3.05) is 6.61 Å². The van der Waals surface area contributed by atoms with E-state index in [1.807, 2.05) is 12.1 Å². The van der Waals surface area contributed by atoms with Crippen LogP contribution in [-0.2, 0) is 9.31 Å². The van der Waals surface area contributed by atoms with Crippen LogP contribution in [0.3, 0.4) is 0 Å². The number of rotatable bonds is 2. The van der Waals surface area contributed by atoms with Crippen LogP contribution in [-0.4, -0.2) is 19.8 Å². The summed E-state index contributed by atoms with van der Waals surface area (Å²) in [5.74, 6) is 0.511. The van der Waals surface area contributed by atoms with E-state index in [4.69, 9.17) is 9.31 Å². The number of hydrogen-bond acceptors (Lipinski definition) is 2. The van der Waals surface area contributed by atoms with Crippen LogP contribution >= 0.6 is 0 Å². The summed E-state index contributed by atoms with van der Waals surface area (Å²) in [6.45, 7) is 9.59. The van der Waals surface area contributed by atoms with Crippen molar-refractivity contribution in [2.24, 2.45) is 11.3 Å². The molecule has 1 unspecified atom stereocenters. The van der Waals surface area contributed by atoms with E-state index >= 15 is 0 Å². The quantitative estimate of drug-likeness (QED) is 0.560. The van der Waals surface area contributed by atoms with Crippen molar-refractivity contribution in [3.8, 4) is 0 Å². The van der Waals surface area contributed by atoms with Crippen LogP contribution in [0.5, 0.6) is 0 Å². The average molecular weight is 219 g/mol. The van der Waals surface area contributed by atoms with E-state index in [1.165, 1.54) is 0 Å². The molecule has 0 bridgehead atoms. The third-order valence-corrected chi connectivity index (χ3v) is 3.21. The fourth-order valence-corrected chi connectivity index (χ4v) is 2.51. The Morgan fingerprint density at radius 2 is 2.25 bits per heavy atom. The van der Waals surface area contributed by atoms with Gasteiger partial charge in [0.15, 0.2) is 0 Å². The van der Waals surface area contributed by atoms with Gasteiger partial charge in [0.05, 0.1) is 6.10 Å². The monoisotopic (exact) mass is 219 g/mol. The summed E-state index contributed by atoms with van der Waals surface area (Å²) in [4.78, 5) is 0. The summed E-state index contributed by atoms with van der Waals surface area (Å²) in [6, 6.07) is 8.15. The van der Waals surface area contributed by atoms with Crippen LogP contribution in [0, 0.1) is 11.3 Å². The van der Waals surface area contributed by atoms with Crippen molar-refractivity contribution in [2.45, 2.75) is 33.8 Å². The molecule has 0 saturated carbocycles. The lowest BCUT2D eigenvalue weighted by Gasteiger charge is -2.44. The van der Waals surface area contributed by atoms with Gasteiger partial charge in [0.2, 0.25) is 0 Å². The van der Waals surface area contributed by atoms with E-state index in [2.05, 4.69) is 39.8 Å². The SMILES string of the molecule is CC(C)C1OB(c2cc[cH-]c2)OCC1(C)C. The molecule has 1 aromatic rings. The third-order valence-electron chi connectivity index (χ3n) is 3.21. The van der Waals surface area contributed by atoms with Gasteiger partial charge in [0.25, 0.3) is 0 Å². The summed E-state index contributed by atoms with van der Waals surface area (Å²) in [7, 11) is -0.185. The van der Waals surface area contributed by atoms with E-state index in [0.29, 0.717) is 5.92 Å². The normalized spacial score (nSPS) is 25.1. The van der Waals surface area contributed by atoms with E-state index in [-0.39, 0.29) is 18.6 Å². The predicted molar refractivity (Wildman–Crippen MR) is 66.9 cm³/mol. The maximum atomic E-state index is 6.09. The summed E-state index contributed by atoms with van der Waals surface area (Å²) >= 11 is 0. The molecule has 1 aliphatic heterocycles. The lowest BCUT2D eigenvalue weighted by atomic mass is 9.72. The minimum absolute atomic E-state index is 0.0945. The molecule has 0 aliphatic carbocycles. The highest BCUT2D eigenvalue weighted by Gasteiger charge is 2.40. The van der Waals surface area contributed by atoms with E-state index in [9.17, 15) is 0 Å². The maximum Gasteiger partial charge on any atom is 0.406 e. The molecule has 0 amide bonds. The van der Waals surface area contributed by atoms with E-state index in [0.717, 1.165) is 12.1 Å². The molecule has 1 saturated heterocycles. The second kappa shape index (κ2) is 4.30. The Balaban J connectivity index is 2.12. The van der Waals surface area contributed by atoms with Gasteiger partial charge >= 0.3 is 7.12 Å². The first-order valence-corrected chi connectivity index (χ1v) is 5.99. The lowest BCUT2D eigenvalue weighted by molar-refractivity contribution is -0.0561. The third kappa shape index (κ3) is 2.20. The van der Waals surface area contributed by atoms with Crippen molar-refractivity contribution >= 4 is 12.6 Å². The standard InChI is InChI=1S/C13H20BO2/c1-10(2)12-13(3,4)9-15-14(16-12)11-7-5-6-8-11/h5-8,10,12H,9H2,1-4H3/q-1. The smallest absolute Gasteiger partial charge is 0.406 e. The predicted octanol–water partition coefficient (Wildman–Crippen LogP) is 2.20. The molecule has 1 heterocycles. The van der Waals surface area contributed by atoms with Crippen LogP contribution < -0.4 is 5.46 Å². The molecule has 1 atom stereocenters. The Morgan fingerprint density at radius 1 is 1.50 bits per heavy atom. The zero-order chi connectivity index (χ0) is 11.8. The van der Waals surface area contributed by atoms with Gasteiger partial charge in [-0.1, -0.05) is 27.7 Å². The van der Waals surface area contributed by atoms with Gasteiger partial charge in [-0.15, -0.1) is 0 Å². The largest absolute Gasteiger partial charge is 0.418 e. The molecule has 1 aromatic carbocycles. The van der Waals surface area contributed by atoms with Crippen molar-refractivity contribution in [1.82, 2.24) is 0 Å². The Hall–Kier alpha value is -0.665. The molecule has 0 N–H and O–H groups in total. The fraction of sp³-hybridized carbons (Fsp3) is 0.615. The zero-order valence-corrected chi connectivity index (χ0v) is 10.6. The van der Waals surface area contributed by atoms with Crippen LogP contribution in [0.15, 0.2) is 24.3 Å². The van der Waals surface area contributed by atoms with Gasteiger partial charge in [-0.3, -0.25) is 0 Å². The molecule has 2 rings (SSSR count). The lowest BCUT2D eigenvalue weighted by Crippen LogP contribution is -2.54. The van der Waals surface area contributed by atoms with Gasteiger partial charge in [0, 0.05) is 12.0 Å². The summed E-state index contributed by atoms with van der Waals surface area (Å²) in [6.07, 6.45) is 0.251.